The van der Waals surface area contributed by atoms with Crippen LogP contribution in [0.1, 0.15) is 41.0 Å². The number of Topliss-reactive ketones (excluding diaryl/α,β-unsaturated/α-hetero) is 2. The number of benzene rings is 2. The van der Waals surface area contributed by atoms with Crippen LogP contribution in [-0.4, -0.2) is 48.3 Å². The zero-order valence-corrected chi connectivity index (χ0v) is 22.0. The highest BCUT2D eigenvalue weighted by Gasteiger charge is 2.22. The van der Waals surface area contributed by atoms with Crippen molar-refractivity contribution >= 4 is 78.4 Å². The summed E-state index contributed by atoms with van der Waals surface area (Å²) in [5, 5.41) is 9.90. The fourth-order valence-corrected chi connectivity index (χ4v) is 3.63. The van der Waals surface area contributed by atoms with Gasteiger partial charge < -0.3 is 21.3 Å². The Morgan fingerprint density at radius 2 is 1.03 bits per heavy atom. The van der Waals surface area contributed by atoms with Crippen molar-refractivity contribution in [3.05, 3.63) is 56.5 Å². The SMILES string of the molecule is CC(=O)Nc1ccc(Br)cc1C(=O)C(=O)NCCCNC(=O)C(=O)c1cc(Br)ccc1NC(C)=O. The van der Waals surface area contributed by atoms with Crippen molar-refractivity contribution in [2.24, 2.45) is 0 Å². The molecule has 0 fully saturated rings. The summed E-state index contributed by atoms with van der Waals surface area (Å²) in [6.45, 7) is 2.67. The van der Waals surface area contributed by atoms with Gasteiger partial charge >= 0.3 is 0 Å². The first-order valence-corrected chi connectivity index (χ1v) is 11.9. The molecule has 184 valence electrons. The molecule has 0 saturated heterocycles. The fraction of sp³-hybridized carbons (Fsp3) is 0.217. The highest BCUT2D eigenvalue weighted by Crippen LogP contribution is 2.23. The van der Waals surface area contributed by atoms with Gasteiger partial charge in [0.2, 0.25) is 11.8 Å². The molecule has 2 aromatic rings. The van der Waals surface area contributed by atoms with Crippen molar-refractivity contribution in [1.29, 1.82) is 0 Å². The quantitative estimate of drug-likeness (QED) is 0.185. The molecule has 0 radical (unpaired) electrons. The van der Waals surface area contributed by atoms with Gasteiger partial charge in [0.1, 0.15) is 0 Å². The van der Waals surface area contributed by atoms with Gasteiger partial charge in [-0.15, -0.1) is 0 Å². The zero-order valence-electron chi connectivity index (χ0n) is 18.8. The first-order valence-electron chi connectivity index (χ1n) is 10.3. The number of hydrogen-bond donors (Lipinski definition) is 4. The fourth-order valence-electron chi connectivity index (χ4n) is 2.90. The van der Waals surface area contributed by atoms with Gasteiger partial charge in [0.15, 0.2) is 0 Å². The van der Waals surface area contributed by atoms with E-state index >= 15 is 0 Å². The minimum absolute atomic E-state index is 0.0231. The summed E-state index contributed by atoms with van der Waals surface area (Å²) in [5.41, 5.74) is 0.459. The number of ketones is 2. The summed E-state index contributed by atoms with van der Waals surface area (Å²) in [7, 11) is 0. The number of amides is 4. The van der Waals surface area contributed by atoms with E-state index in [0.29, 0.717) is 8.95 Å². The predicted molar refractivity (Wildman–Crippen MR) is 136 cm³/mol. The maximum Gasteiger partial charge on any atom is 0.292 e. The van der Waals surface area contributed by atoms with Crippen molar-refractivity contribution < 1.29 is 28.8 Å². The van der Waals surface area contributed by atoms with Crippen molar-refractivity contribution in [1.82, 2.24) is 10.6 Å². The van der Waals surface area contributed by atoms with Crippen LogP contribution in [0.3, 0.4) is 0 Å². The van der Waals surface area contributed by atoms with E-state index in [-0.39, 0.29) is 53.8 Å². The van der Waals surface area contributed by atoms with Gasteiger partial charge in [-0.3, -0.25) is 28.8 Å². The highest BCUT2D eigenvalue weighted by molar-refractivity contribution is 9.10. The molecular weight excluding hydrogens is 588 g/mol. The lowest BCUT2D eigenvalue weighted by Gasteiger charge is -2.11. The molecule has 4 N–H and O–H groups in total. The van der Waals surface area contributed by atoms with Crippen LogP contribution >= 0.6 is 31.9 Å². The molecule has 0 saturated carbocycles. The number of carbonyl (C=O) groups excluding carboxylic acids is 6. The Hall–Kier alpha value is -3.38. The molecule has 2 rings (SSSR count). The Bertz CT molecular complexity index is 1110. The summed E-state index contributed by atoms with van der Waals surface area (Å²) < 4.78 is 1.12. The molecular formula is C23H22Br2N4O6. The molecule has 4 amide bonds. The van der Waals surface area contributed by atoms with E-state index in [1.807, 2.05) is 0 Å². The number of hydrogen-bond acceptors (Lipinski definition) is 6. The first-order chi connectivity index (χ1) is 16.5. The van der Waals surface area contributed by atoms with E-state index in [0.717, 1.165) is 0 Å². The molecule has 0 bridgehead atoms. The second-order valence-electron chi connectivity index (χ2n) is 7.27. The molecule has 10 nitrogen and oxygen atoms in total. The molecule has 12 heteroatoms. The topological polar surface area (TPSA) is 151 Å². The first kappa shape index (κ1) is 27.9. The second kappa shape index (κ2) is 12.9. The van der Waals surface area contributed by atoms with Crippen LogP contribution in [0.2, 0.25) is 0 Å². The van der Waals surface area contributed by atoms with Crippen LogP contribution in [-0.2, 0) is 19.2 Å². The van der Waals surface area contributed by atoms with Gasteiger partial charge in [-0.2, -0.15) is 0 Å². The maximum atomic E-state index is 12.5. The minimum Gasteiger partial charge on any atom is -0.349 e. The highest BCUT2D eigenvalue weighted by atomic mass is 79.9. The lowest BCUT2D eigenvalue weighted by Crippen LogP contribution is -2.36. The lowest BCUT2D eigenvalue weighted by atomic mass is 10.1. The molecule has 0 aliphatic rings. The molecule has 0 atom stereocenters. The predicted octanol–water partition coefficient (Wildman–Crippen LogP) is 2.82. The Morgan fingerprint density at radius 1 is 0.657 bits per heavy atom. The lowest BCUT2D eigenvalue weighted by molar-refractivity contribution is -0.117. The Morgan fingerprint density at radius 3 is 1.37 bits per heavy atom. The number of nitrogens with one attached hydrogen (secondary N) is 4. The van der Waals surface area contributed by atoms with Crippen LogP contribution in [0.15, 0.2) is 45.3 Å². The Balaban J connectivity index is 1.89. The van der Waals surface area contributed by atoms with Gasteiger partial charge in [-0.1, -0.05) is 31.9 Å². The summed E-state index contributed by atoms with van der Waals surface area (Å²) in [6, 6.07) is 9.10. The van der Waals surface area contributed by atoms with E-state index in [1.54, 1.807) is 12.1 Å². The van der Waals surface area contributed by atoms with Crippen LogP contribution in [0, 0.1) is 0 Å². The van der Waals surface area contributed by atoms with E-state index < -0.39 is 23.4 Å². The largest absolute Gasteiger partial charge is 0.349 e. The molecule has 2 aromatic carbocycles. The molecule has 0 aromatic heterocycles. The standard InChI is InChI=1S/C23H22Br2N4O6/c1-12(30)28-18-6-4-14(24)10-16(18)20(32)22(34)26-8-3-9-27-23(35)21(33)17-11-15(25)5-7-19(17)29-13(2)31/h4-7,10-11H,3,8-9H2,1-2H3,(H,26,34)(H,27,35)(H,28,30)(H,29,31). The smallest absolute Gasteiger partial charge is 0.292 e. The summed E-state index contributed by atoms with van der Waals surface area (Å²) >= 11 is 6.46. The number of rotatable bonds is 10. The number of halogens is 2. The summed E-state index contributed by atoms with van der Waals surface area (Å²) in [4.78, 5) is 72.3. The van der Waals surface area contributed by atoms with E-state index in [1.165, 1.54) is 38.1 Å². The maximum absolute atomic E-state index is 12.5. The molecule has 35 heavy (non-hydrogen) atoms. The monoisotopic (exact) mass is 608 g/mol. The molecule has 0 unspecified atom stereocenters. The van der Waals surface area contributed by atoms with Crippen molar-refractivity contribution in [3.63, 3.8) is 0 Å². The molecule has 0 aliphatic heterocycles. The van der Waals surface area contributed by atoms with E-state index in [9.17, 15) is 28.8 Å². The van der Waals surface area contributed by atoms with Crippen LogP contribution in [0.4, 0.5) is 11.4 Å². The third kappa shape index (κ3) is 8.41. The van der Waals surface area contributed by atoms with Crippen LogP contribution in [0.5, 0.6) is 0 Å². The molecule has 0 heterocycles. The van der Waals surface area contributed by atoms with Gasteiger partial charge in [-0.05, 0) is 42.8 Å². The Kier molecular flexibility index (Phi) is 10.3. The summed E-state index contributed by atoms with van der Waals surface area (Å²) in [5.74, 6) is -4.22. The average molecular weight is 610 g/mol. The van der Waals surface area contributed by atoms with Gasteiger partial charge in [-0.25, -0.2) is 0 Å². The van der Waals surface area contributed by atoms with Crippen LogP contribution in [0.25, 0.3) is 0 Å². The minimum atomic E-state index is -0.883. The third-order valence-corrected chi connectivity index (χ3v) is 5.40. The normalized spacial score (nSPS) is 10.2. The zero-order chi connectivity index (χ0) is 26.1. The Labute approximate surface area is 217 Å². The number of carbonyl (C=O) groups is 6. The van der Waals surface area contributed by atoms with Crippen molar-refractivity contribution in [2.45, 2.75) is 20.3 Å². The van der Waals surface area contributed by atoms with E-state index in [2.05, 4.69) is 53.1 Å². The molecule has 0 spiro atoms. The number of anilines is 2. The van der Waals surface area contributed by atoms with Crippen LogP contribution < -0.4 is 21.3 Å². The van der Waals surface area contributed by atoms with Crippen molar-refractivity contribution in [3.8, 4) is 0 Å². The van der Waals surface area contributed by atoms with Gasteiger partial charge in [0.25, 0.3) is 23.4 Å². The van der Waals surface area contributed by atoms with Crippen molar-refractivity contribution in [2.75, 3.05) is 23.7 Å². The van der Waals surface area contributed by atoms with E-state index in [4.69, 9.17) is 0 Å². The average Bonchev–Trinajstić information content (AvgIpc) is 2.79. The third-order valence-electron chi connectivity index (χ3n) is 4.41. The molecule has 0 aliphatic carbocycles. The van der Waals surface area contributed by atoms with Gasteiger partial charge in [0, 0.05) is 35.9 Å². The summed E-state index contributed by atoms with van der Waals surface area (Å²) in [6.07, 6.45) is 0.242. The van der Waals surface area contributed by atoms with Gasteiger partial charge in [0.05, 0.1) is 22.5 Å². The second-order valence-corrected chi connectivity index (χ2v) is 9.10.